The third-order valence-corrected chi connectivity index (χ3v) is 5.90. The van der Waals surface area contributed by atoms with Gasteiger partial charge in [-0.3, -0.25) is 0 Å². The van der Waals surface area contributed by atoms with Gasteiger partial charge in [0.1, 0.15) is 0 Å². The van der Waals surface area contributed by atoms with Gasteiger partial charge in [0.15, 0.2) is 0 Å². The monoisotopic (exact) mass is 361 g/mol. The Morgan fingerprint density at radius 2 is 1.07 bits per heavy atom. The largest absolute Gasteiger partial charge is 0.309 e. The first kappa shape index (κ1) is 16.8. The van der Waals surface area contributed by atoms with Crippen LogP contribution < -0.4 is 0 Å². The van der Waals surface area contributed by atoms with Crippen LogP contribution in [0.2, 0.25) is 0 Å². The molecule has 0 aliphatic heterocycles. The zero-order valence-corrected chi connectivity index (χ0v) is 16.3. The van der Waals surface area contributed by atoms with Crippen molar-refractivity contribution < 1.29 is 0 Å². The number of nitrogens with zero attached hydrogens (tertiary/aromatic N) is 1. The van der Waals surface area contributed by atoms with Crippen molar-refractivity contribution in [2.24, 2.45) is 0 Å². The lowest BCUT2D eigenvalue weighted by molar-refractivity contribution is 0.640. The fraction of sp³-hybridized carbons (Fsp3) is 0.111. The summed E-state index contributed by atoms with van der Waals surface area (Å²) in [6.07, 6.45) is 0. The van der Waals surface area contributed by atoms with Gasteiger partial charge in [0.05, 0.1) is 11.0 Å². The number of fused-ring (bicyclic) bond motifs is 3. The first-order valence-corrected chi connectivity index (χ1v) is 9.81. The molecule has 0 atom stereocenters. The van der Waals surface area contributed by atoms with Crippen molar-refractivity contribution in [1.82, 2.24) is 4.57 Å². The summed E-state index contributed by atoms with van der Waals surface area (Å²) in [5.74, 6) is 0. The van der Waals surface area contributed by atoms with Crippen LogP contribution in [0.25, 0.3) is 27.5 Å². The molecule has 5 rings (SSSR count). The van der Waals surface area contributed by atoms with Gasteiger partial charge in [-0.1, -0.05) is 92.7 Å². The molecule has 0 fully saturated rings. The molecule has 1 nitrogen and oxygen atoms in total. The third kappa shape index (κ3) is 2.55. The van der Waals surface area contributed by atoms with Gasteiger partial charge in [-0.2, -0.15) is 0 Å². The van der Waals surface area contributed by atoms with Crippen LogP contribution in [-0.4, -0.2) is 4.57 Å². The lowest BCUT2D eigenvalue weighted by atomic mass is 9.78. The summed E-state index contributed by atoms with van der Waals surface area (Å²) in [5, 5.41) is 2.59. The van der Waals surface area contributed by atoms with Gasteiger partial charge in [0.25, 0.3) is 0 Å². The molecule has 0 N–H and O–H groups in total. The number of benzene rings is 4. The maximum absolute atomic E-state index is 2.38. The molecule has 1 heterocycles. The SMILES string of the molecule is CC(C)(c1ccccc1)c1cccc(-n2c3ccccc3c3ccccc32)c1. The van der Waals surface area contributed by atoms with Gasteiger partial charge in [-0.05, 0) is 35.4 Å². The van der Waals surface area contributed by atoms with E-state index in [9.17, 15) is 0 Å². The van der Waals surface area contributed by atoms with Crippen LogP contribution in [0.15, 0.2) is 103 Å². The van der Waals surface area contributed by atoms with Crippen molar-refractivity contribution in [2.75, 3.05) is 0 Å². The standard InChI is InChI=1S/C27H23N/c1-27(2,20-11-4-3-5-12-20)21-13-10-14-22(19-21)28-25-17-8-6-15-23(25)24-16-7-9-18-26(24)28/h3-19H,1-2H3. The van der Waals surface area contributed by atoms with E-state index in [1.54, 1.807) is 0 Å². The van der Waals surface area contributed by atoms with Crippen LogP contribution in [0.1, 0.15) is 25.0 Å². The van der Waals surface area contributed by atoms with Gasteiger partial charge in [0.2, 0.25) is 0 Å². The average Bonchev–Trinajstić information content (AvgIpc) is 3.09. The number of hydrogen-bond acceptors (Lipinski definition) is 0. The summed E-state index contributed by atoms with van der Waals surface area (Å²) in [6.45, 7) is 4.60. The van der Waals surface area contributed by atoms with Crippen LogP contribution in [-0.2, 0) is 5.41 Å². The maximum atomic E-state index is 2.38. The van der Waals surface area contributed by atoms with Crippen LogP contribution in [0.4, 0.5) is 0 Å². The molecular formula is C27H23N. The highest BCUT2D eigenvalue weighted by atomic mass is 15.0. The maximum Gasteiger partial charge on any atom is 0.0541 e. The van der Waals surface area contributed by atoms with E-state index in [0.717, 1.165) is 0 Å². The summed E-state index contributed by atoms with van der Waals surface area (Å²) < 4.78 is 2.38. The van der Waals surface area contributed by atoms with Crippen molar-refractivity contribution in [1.29, 1.82) is 0 Å². The Bertz CT molecular complexity index is 1220. The molecule has 4 aromatic carbocycles. The molecule has 0 unspecified atom stereocenters. The highest BCUT2D eigenvalue weighted by Crippen LogP contribution is 2.35. The van der Waals surface area contributed by atoms with Crippen LogP contribution in [0, 0.1) is 0 Å². The van der Waals surface area contributed by atoms with E-state index in [1.165, 1.54) is 38.6 Å². The van der Waals surface area contributed by atoms with Crippen LogP contribution >= 0.6 is 0 Å². The first-order valence-electron chi connectivity index (χ1n) is 9.81. The summed E-state index contributed by atoms with van der Waals surface area (Å²) in [7, 11) is 0. The Balaban J connectivity index is 1.75. The zero-order chi connectivity index (χ0) is 19.1. The zero-order valence-electron chi connectivity index (χ0n) is 16.3. The number of aromatic nitrogens is 1. The average molecular weight is 361 g/mol. The number of para-hydroxylation sites is 2. The summed E-state index contributed by atoms with van der Waals surface area (Å²) >= 11 is 0. The van der Waals surface area contributed by atoms with Gasteiger partial charge >= 0.3 is 0 Å². The summed E-state index contributed by atoms with van der Waals surface area (Å²) in [5.41, 5.74) is 6.29. The van der Waals surface area contributed by atoms with E-state index < -0.39 is 0 Å². The van der Waals surface area contributed by atoms with E-state index in [0.29, 0.717) is 0 Å². The molecule has 0 radical (unpaired) electrons. The predicted octanol–water partition coefficient (Wildman–Crippen LogP) is 7.11. The minimum Gasteiger partial charge on any atom is -0.309 e. The molecule has 0 saturated carbocycles. The Labute approximate surface area is 165 Å². The third-order valence-electron chi connectivity index (χ3n) is 5.90. The van der Waals surface area contributed by atoms with Gasteiger partial charge < -0.3 is 4.57 Å². The molecule has 1 heteroatoms. The van der Waals surface area contributed by atoms with E-state index >= 15 is 0 Å². The van der Waals surface area contributed by atoms with Crippen LogP contribution in [0.3, 0.4) is 0 Å². The Morgan fingerprint density at radius 1 is 0.536 bits per heavy atom. The van der Waals surface area contributed by atoms with Crippen molar-refractivity contribution in [3.8, 4) is 5.69 Å². The van der Waals surface area contributed by atoms with Crippen molar-refractivity contribution >= 4 is 21.8 Å². The Kier molecular flexibility index (Phi) is 3.84. The molecule has 0 bridgehead atoms. The molecule has 0 aliphatic rings. The Hall–Kier alpha value is -3.32. The fourth-order valence-electron chi connectivity index (χ4n) is 4.26. The molecule has 0 saturated heterocycles. The topological polar surface area (TPSA) is 4.93 Å². The summed E-state index contributed by atoms with van der Waals surface area (Å²) in [6, 6.07) is 37.0. The minimum absolute atomic E-state index is 0.0595. The van der Waals surface area contributed by atoms with E-state index in [4.69, 9.17) is 0 Å². The molecule has 5 aromatic rings. The van der Waals surface area contributed by atoms with Gasteiger partial charge in [0, 0.05) is 21.9 Å². The molecule has 136 valence electrons. The molecular weight excluding hydrogens is 338 g/mol. The molecule has 0 aliphatic carbocycles. The number of rotatable bonds is 3. The summed E-state index contributed by atoms with van der Waals surface area (Å²) in [4.78, 5) is 0. The minimum atomic E-state index is -0.0595. The van der Waals surface area contributed by atoms with E-state index in [1.807, 2.05) is 0 Å². The normalized spacial score (nSPS) is 11.9. The molecule has 0 amide bonds. The first-order chi connectivity index (χ1) is 13.7. The fourth-order valence-corrected chi connectivity index (χ4v) is 4.26. The second kappa shape index (κ2) is 6.38. The highest BCUT2D eigenvalue weighted by molar-refractivity contribution is 6.09. The highest BCUT2D eigenvalue weighted by Gasteiger charge is 2.23. The van der Waals surface area contributed by atoms with Crippen LogP contribution in [0.5, 0.6) is 0 Å². The van der Waals surface area contributed by atoms with E-state index in [2.05, 4.69) is 122 Å². The van der Waals surface area contributed by atoms with Gasteiger partial charge in [-0.15, -0.1) is 0 Å². The molecule has 28 heavy (non-hydrogen) atoms. The molecule has 0 spiro atoms. The molecule has 1 aromatic heterocycles. The van der Waals surface area contributed by atoms with E-state index in [-0.39, 0.29) is 5.41 Å². The predicted molar refractivity (Wildman–Crippen MR) is 119 cm³/mol. The number of hydrogen-bond donors (Lipinski definition) is 0. The van der Waals surface area contributed by atoms with Crippen molar-refractivity contribution in [3.05, 3.63) is 114 Å². The lowest BCUT2D eigenvalue weighted by Gasteiger charge is -2.27. The lowest BCUT2D eigenvalue weighted by Crippen LogP contribution is -2.19. The Morgan fingerprint density at radius 3 is 1.71 bits per heavy atom. The van der Waals surface area contributed by atoms with Crippen molar-refractivity contribution in [2.45, 2.75) is 19.3 Å². The second-order valence-corrected chi connectivity index (χ2v) is 7.91. The second-order valence-electron chi connectivity index (χ2n) is 7.91. The quantitative estimate of drug-likeness (QED) is 0.323. The smallest absolute Gasteiger partial charge is 0.0541 e. The van der Waals surface area contributed by atoms with Crippen molar-refractivity contribution in [3.63, 3.8) is 0 Å². The van der Waals surface area contributed by atoms with Gasteiger partial charge in [-0.25, -0.2) is 0 Å².